The summed E-state index contributed by atoms with van der Waals surface area (Å²) in [5.41, 5.74) is 13.3. The molecule has 0 aliphatic carbocycles. The number of hydrogen-bond acceptors (Lipinski definition) is 4. The standard InChI is InChI=1S/C33H29N3O3/c1-21(34)32(22(2)37)26-14-15-27-28(25-12-8-9-23(17-25)18-31(38)39)20-36(30(27)19-26)33(24-10-4-3-5-11-24)29-13-6-7-16-35-29/h3-17,19-20,33H,18,34H2,1-2H3,(H,38,39). The lowest BCUT2D eigenvalue weighted by atomic mass is 9.97. The Kier molecular flexibility index (Phi) is 7.10. The predicted molar refractivity (Wildman–Crippen MR) is 154 cm³/mol. The highest BCUT2D eigenvalue weighted by Crippen LogP contribution is 2.38. The van der Waals surface area contributed by atoms with Crippen molar-refractivity contribution in [3.63, 3.8) is 0 Å². The zero-order chi connectivity index (χ0) is 27.5. The molecule has 3 aromatic carbocycles. The molecule has 39 heavy (non-hydrogen) atoms. The summed E-state index contributed by atoms with van der Waals surface area (Å²) in [7, 11) is 0. The number of ketones is 1. The Bertz CT molecular complexity index is 1660. The van der Waals surface area contributed by atoms with Gasteiger partial charge < -0.3 is 15.4 Å². The molecular formula is C33H29N3O3. The first kappa shape index (κ1) is 25.7. The Hall–Kier alpha value is -4.97. The maximum Gasteiger partial charge on any atom is 0.307 e. The Balaban J connectivity index is 1.82. The van der Waals surface area contributed by atoms with Gasteiger partial charge in [-0.25, -0.2) is 0 Å². The molecule has 1 atom stereocenters. The summed E-state index contributed by atoms with van der Waals surface area (Å²) in [5, 5.41) is 10.3. The molecule has 6 nitrogen and oxygen atoms in total. The summed E-state index contributed by atoms with van der Waals surface area (Å²) >= 11 is 0. The van der Waals surface area contributed by atoms with Crippen molar-refractivity contribution >= 4 is 28.2 Å². The average molecular weight is 516 g/mol. The number of nitrogens with two attached hydrogens (primary N) is 1. The van der Waals surface area contributed by atoms with Crippen LogP contribution >= 0.6 is 0 Å². The lowest BCUT2D eigenvalue weighted by Crippen LogP contribution is -2.13. The van der Waals surface area contributed by atoms with Crippen molar-refractivity contribution in [2.24, 2.45) is 5.73 Å². The van der Waals surface area contributed by atoms with Gasteiger partial charge >= 0.3 is 5.97 Å². The highest BCUT2D eigenvalue weighted by atomic mass is 16.4. The van der Waals surface area contributed by atoms with E-state index in [-0.39, 0.29) is 18.2 Å². The largest absolute Gasteiger partial charge is 0.481 e. The van der Waals surface area contributed by atoms with Crippen LogP contribution in [-0.4, -0.2) is 26.4 Å². The van der Waals surface area contributed by atoms with Crippen LogP contribution < -0.4 is 5.73 Å². The summed E-state index contributed by atoms with van der Waals surface area (Å²) in [6.45, 7) is 3.26. The second-order valence-corrected chi connectivity index (χ2v) is 9.63. The number of pyridine rings is 1. The van der Waals surface area contributed by atoms with E-state index in [1.807, 2.05) is 78.9 Å². The van der Waals surface area contributed by atoms with Gasteiger partial charge in [0.05, 0.1) is 17.6 Å². The molecule has 0 saturated carbocycles. The average Bonchev–Trinajstić information content (AvgIpc) is 3.28. The van der Waals surface area contributed by atoms with Crippen LogP contribution in [0.15, 0.2) is 109 Å². The lowest BCUT2D eigenvalue weighted by molar-refractivity contribution is -0.136. The minimum atomic E-state index is -0.876. The third-order valence-electron chi connectivity index (χ3n) is 6.82. The van der Waals surface area contributed by atoms with Gasteiger partial charge in [0.1, 0.15) is 6.04 Å². The third-order valence-corrected chi connectivity index (χ3v) is 6.82. The Labute approximate surface area is 227 Å². The van der Waals surface area contributed by atoms with E-state index in [0.717, 1.165) is 44.4 Å². The number of hydrogen-bond donors (Lipinski definition) is 2. The number of carbonyl (C=O) groups excluding carboxylic acids is 1. The summed E-state index contributed by atoms with van der Waals surface area (Å²) in [6, 6.07) is 29.3. The molecule has 2 heterocycles. The number of carbonyl (C=O) groups is 2. The van der Waals surface area contributed by atoms with E-state index in [4.69, 9.17) is 10.7 Å². The molecule has 2 aromatic heterocycles. The Morgan fingerprint density at radius 2 is 1.69 bits per heavy atom. The van der Waals surface area contributed by atoms with Crippen LogP contribution in [0.3, 0.4) is 0 Å². The quantitative estimate of drug-likeness (QED) is 0.238. The van der Waals surface area contributed by atoms with Crippen LogP contribution in [0.5, 0.6) is 0 Å². The van der Waals surface area contributed by atoms with Gasteiger partial charge in [-0.3, -0.25) is 14.6 Å². The first-order valence-corrected chi connectivity index (χ1v) is 12.7. The molecule has 0 amide bonds. The topological polar surface area (TPSA) is 98.2 Å². The normalized spacial score (nSPS) is 12.7. The van der Waals surface area contributed by atoms with E-state index < -0.39 is 5.97 Å². The number of carboxylic acid groups (broad SMARTS) is 1. The van der Waals surface area contributed by atoms with Gasteiger partial charge in [0.2, 0.25) is 0 Å². The number of benzene rings is 3. The molecule has 0 radical (unpaired) electrons. The Morgan fingerprint density at radius 3 is 2.36 bits per heavy atom. The molecule has 0 aliphatic heterocycles. The van der Waals surface area contributed by atoms with E-state index in [1.54, 1.807) is 13.1 Å². The minimum absolute atomic E-state index is 0.0558. The molecule has 0 bridgehead atoms. The molecule has 6 heteroatoms. The number of nitrogens with zero attached hydrogens (tertiary/aromatic N) is 2. The molecule has 0 fully saturated rings. The van der Waals surface area contributed by atoms with E-state index >= 15 is 0 Å². The van der Waals surface area contributed by atoms with Gasteiger partial charge in [-0.15, -0.1) is 0 Å². The molecule has 5 rings (SSSR count). The molecule has 1 unspecified atom stereocenters. The fraction of sp³-hybridized carbons (Fsp3) is 0.121. The fourth-order valence-corrected chi connectivity index (χ4v) is 5.23. The van der Waals surface area contributed by atoms with Crippen molar-refractivity contribution in [1.82, 2.24) is 9.55 Å². The molecule has 0 saturated heterocycles. The van der Waals surface area contributed by atoms with Gasteiger partial charge in [0.25, 0.3) is 0 Å². The van der Waals surface area contributed by atoms with Crippen LogP contribution in [0.4, 0.5) is 0 Å². The molecule has 5 aromatic rings. The highest BCUT2D eigenvalue weighted by molar-refractivity contribution is 6.21. The number of fused-ring (bicyclic) bond motifs is 1. The molecule has 0 spiro atoms. The van der Waals surface area contributed by atoms with Crippen molar-refractivity contribution in [3.8, 4) is 11.1 Å². The molecule has 3 N–H and O–H groups in total. The van der Waals surface area contributed by atoms with Crippen LogP contribution in [0.2, 0.25) is 0 Å². The van der Waals surface area contributed by atoms with E-state index in [2.05, 4.69) is 22.9 Å². The molecule has 0 aliphatic rings. The number of rotatable bonds is 8. The summed E-state index contributed by atoms with van der Waals surface area (Å²) in [4.78, 5) is 28.6. The fourth-order valence-electron chi connectivity index (χ4n) is 5.23. The van der Waals surface area contributed by atoms with Gasteiger partial charge in [0, 0.05) is 34.6 Å². The first-order valence-electron chi connectivity index (χ1n) is 12.7. The van der Waals surface area contributed by atoms with Crippen molar-refractivity contribution in [2.45, 2.75) is 26.3 Å². The minimum Gasteiger partial charge on any atom is -0.481 e. The van der Waals surface area contributed by atoms with Crippen molar-refractivity contribution in [1.29, 1.82) is 0 Å². The number of Topliss-reactive ketones (excluding diaryl/α,β-unsaturated/α-hetero) is 1. The SMILES string of the molecule is CC(=O)C(=C(C)N)c1ccc2c(-c3cccc(CC(=O)O)c3)cn(C(c3ccccc3)c3ccccn3)c2c1. The number of aliphatic carboxylic acids is 1. The Morgan fingerprint density at radius 1 is 0.923 bits per heavy atom. The van der Waals surface area contributed by atoms with Gasteiger partial charge in [-0.2, -0.15) is 0 Å². The van der Waals surface area contributed by atoms with Gasteiger partial charge in [0.15, 0.2) is 5.78 Å². The zero-order valence-electron chi connectivity index (χ0n) is 21.8. The van der Waals surface area contributed by atoms with Crippen LogP contribution in [0.25, 0.3) is 27.6 Å². The number of aromatic nitrogens is 2. The summed E-state index contributed by atoms with van der Waals surface area (Å²) in [5.74, 6) is -0.974. The van der Waals surface area contributed by atoms with E-state index in [1.165, 1.54) is 6.92 Å². The summed E-state index contributed by atoms with van der Waals surface area (Å²) < 4.78 is 2.18. The van der Waals surface area contributed by atoms with Gasteiger partial charge in [-0.1, -0.05) is 72.8 Å². The van der Waals surface area contributed by atoms with Crippen LogP contribution in [-0.2, 0) is 16.0 Å². The monoisotopic (exact) mass is 515 g/mol. The smallest absolute Gasteiger partial charge is 0.307 e. The number of allylic oxidation sites excluding steroid dienone is 2. The molecule has 194 valence electrons. The van der Waals surface area contributed by atoms with E-state index in [9.17, 15) is 14.7 Å². The second-order valence-electron chi connectivity index (χ2n) is 9.63. The highest BCUT2D eigenvalue weighted by Gasteiger charge is 2.23. The second kappa shape index (κ2) is 10.8. The van der Waals surface area contributed by atoms with Crippen molar-refractivity contribution in [3.05, 3.63) is 131 Å². The van der Waals surface area contributed by atoms with E-state index in [0.29, 0.717) is 11.3 Å². The third kappa shape index (κ3) is 5.22. The predicted octanol–water partition coefficient (Wildman–Crippen LogP) is 6.25. The van der Waals surface area contributed by atoms with Gasteiger partial charge in [-0.05, 0) is 54.3 Å². The first-order chi connectivity index (χ1) is 18.8. The molecular weight excluding hydrogens is 486 g/mol. The van der Waals surface area contributed by atoms with Crippen LogP contribution in [0, 0.1) is 0 Å². The summed E-state index contributed by atoms with van der Waals surface area (Å²) in [6.07, 6.45) is 3.82. The van der Waals surface area contributed by atoms with Crippen molar-refractivity contribution < 1.29 is 14.7 Å². The maximum atomic E-state index is 12.5. The lowest BCUT2D eigenvalue weighted by Gasteiger charge is -2.21. The maximum absolute atomic E-state index is 12.5. The van der Waals surface area contributed by atoms with Crippen molar-refractivity contribution in [2.75, 3.05) is 0 Å². The zero-order valence-corrected chi connectivity index (χ0v) is 21.8. The van der Waals surface area contributed by atoms with Crippen LogP contribution in [0.1, 0.15) is 42.3 Å². The number of carboxylic acids is 1.